The summed E-state index contributed by atoms with van der Waals surface area (Å²) in [5.41, 5.74) is 0.448. The Hall–Kier alpha value is -3.33. The van der Waals surface area contributed by atoms with Crippen LogP contribution in [0.25, 0.3) is 0 Å². The van der Waals surface area contributed by atoms with E-state index in [-0.39, 0.29) is 29.3 Å². The number of sulfonamides is 1. The molecule has 0 aliphatic rings. The number of nitrogens with one attached hydrogen (secondary N) is 1. The second kappa shape index (κ2) is 8.67. The molecule has 2 aromatic carbocycles. The molecule has 0 saturated carbocycles. The Labute approximate surface area is 152 Å². The highest BCUT2D eigenvalue weighted by Crippen LogP contribution is 2.28. The third kappa shape index (κ3) is 4.19. The van der Waals surface area contributed by atoms with Gasteiger partial charge in [-0.05, 0) is 24.3 Å². The number of hydrogen-bond acceptors (Lipinski definition) is 6. The minimum atomic E-state index is -3.99. The van der Waals surface area contributed by atoms with Gasteiger partial charge in [-0.25, -0.2) is 8.42 Å². The maximum absolute atomic E-state index is 13.2. The van der Waals surface area contributed by atoms with Crippen molar-refractivity contribution in [1.82, 2.24) is 0 Å². The van der Waals surface area contributed by atoms with Crippen molar-refractivity contribution >= 4 is 21.4 Å². The smallest absolute Gasteiger partial charge is 0.266 e. The summed E-state index contributed by atoms with van der Waals surface area (Å²) in [6.45, 7) is -0.463. The number of allylic oxidation sites excluding steroid dienone is 1. The fraction of sp³-hybridized carbons (Fsp3) is 0.111. The van der Waals surface area contributed by atoms with Crippen LogP contribution in [0.4, 0.5) is 11.4 Å². The number of aliphatic hydroxyl groups excluding tert-OH is 1. The zero-order chi connectivity index (χ0) is 19.0. The molecule has 8 heteroatoms. The van der Waals surface area contributed by atoms with Crippen LogP contribution in [0, 0.1) is 22.7 Å². The number of anilines is 2. The van der Waals surface area contributed by atoms with Gasteiger partial charge >= 0.3 is 0 Å². The first kappa shape index (κ1) is 19.0. The van der Waals surface area contributed by atoms with E-state index in [0.29, 0.717) is 5.69 Å². The molecule has 0 aliphatic heterocycles. The summed E-state index contributed by atoms with van der Waals surface area (Å²) in [5.74, 6) is 0. The number of benzene rings is 2. The molecule has 0 unspecified atom stereocenters. The Morgan fingerprint density at radius 1 is 1.08 bits per heavy atom. The fourth-order valence-electron chi connectivity index (χ4n) is 2.24. The van der Waals surface area contributed by atoms with Crippen molar-refractivity contribution in [2.45, 2.75) is 4.90 Å². The van der Waals surface area contributed by atoms with Gasteiger partial charge in [0, 0.05) is 6.20 Å². The van der Waals surface area contributed by atoms with Gasteiger partial charge in [-0.3, -0.25) is 4.31 Å². The Balaban J connectivity index is 2.50. The third-order valence-corrected chi connectivity index (χ3v) is 5.30. The molecule has 2 N–H and O–H groups in total. The van der Waals surface area contributed by atoms with E-state index >= 15 is 0 Å². The van der Waals surface area contributed by atoms with Gasteiger partial charge in [-0.2, -0.15) is 10.5 Å². The molecule has 132 valence electrons. The molecular weight excluding hydrogens is 352 g/mol. The Kier molecular flexibility index (Phi) is 6.34. The van der Waals surface area contributed by atoms with Crippen LogP contribution < -0.4 is 9.62 Å². The van der Waals surface area contributed by atoms with E-state index in [2.05, 4.69) is 5.32 Å². The lowest BCUT2D eigenvalue weighted by Crippen LogP contribution is -2.34. The summed E-state index contributed by atoms with van der Waals surface area (Å²) in [7, 11) is -3.99. The summed E-state index contributed by atoms with van der Waals surface area (Å²) < 4.78 is 27.4. The number of para-hydroxylation sites is 2. The average Bonchev–Trinajstić information content (AvgIpc) is 2.67. The van der Waals surface area contributed by atoms with Gasteiger partial charge in [0.05, 0.1) is 24.5 Å². The highest BCUT2D eigenvalue weighted by molar-refractivity contribution is 7.93. The summed E-state index contributed by atoms with van der Waals surface area (Å²) in [6, 6.07) is 18.0. The second-order valence-electron chi connectivity index (χ2n) is 5.06. The van der Waals surface area contributed by atoms with Crippen molar-refractivity contribution in [1.29, 1.82) is 10.5 Å². The van der Waals surface area contributed by atoms with E-state index < -0.39 is 10.0 Å². The minimum absolute atomic E-state index is 0.0382. The topological polar surface area (TPSA) is 117 Å². The molecule has 0 radical (unpaired) electrons. The van der Waals surface area contributed by atoms with Crippen molar-refractivity contribution in [2.75, 3.05) is 22.8 Å². The van der Waals surface area contributed by atoms with Crippen molar-refractivity contribution < 1.29 is 13.5 Å². The molecule has 0 atom stereocenters. The van der Waals surface area contributed by atoms with Crippen LogP contribution in [0.3, 0.4) is 0 Å². The summed E-state index contributed by atoms with van der Waals surface area (Å²) in [6.07, 6.45) is 1.15. The first-order valence-corrected chi connectivity index (χ1v) is 9.03. The van der Waals surface area contributed by atoms with Crippen molar-refractivity contribution in [3.8, 4) is 12.1 Å². The predicted molar refractivity (Wildman–Crippen MR) is 97.4 cm³/mol. The Morgan fingerprint density at radius 3 is 2.31 bits per heavy atom. The van der Waals surface area contributed by atoms with Gasteiger partial charge in [0.15, 0.2) is 0 Å². The number of nitrogens with zero attached hydrogens (tertiary/aromatic N) is 3. The van der Waals surface area contributed by atoms with Gasteiger partial charge in [-0.15, -0.1) is 0 Å². The van der Waals surface area contributed by atoms with Crippen molar-refractivity contribution in [3.05, 3.63) is 66.4 Å². The first-order chi connectivity index (χ1) is 12.5. The molecule has 0 saturated heterocycles. The number of hydrogen-bond donors (Lipinski definition) is 2. The monoisotopic (exact) mass is 368 g/mol. The molecule has 7 nitrogen and oxygen atoms in total. The number of rotatable bonds is 7. The standard InChI is InChI=1S/C18H16N4O3S/c19-12-15(13-20)14-21-17-8-4-5-9-18(17)26(24,25)22(10-11-23)16-6-2-1-3-7-16/h1-9,14,21,23H,10-11H2. The van der Waals surface area contributed by atoms with Crippen LogP contribution in [0.15, 0.2) is 71.3 Å². The van der Waals surface area contributed by atoms with E-state index in [1.165, 1.54) is 12.1 Å². The molecule has 2 aromatic rings. The molecule has 0 heterocycles. The highest BCUT2D eigenvalue weighted by Gasteiger charge is 2.26. The molecule has 26 heavy (non-hydrogen) atoms. The zero-order valence-corrected chi connectivity index (χ0v) is 14.5. The maximum Gasteiger partial charge on any atom is 0.266 e. The molecule has 0 aromatic heterocycles. The lowest BCUT2D eigenvalue weighted by Gasteiger charge is -2.24. The van der Waals surface area contributed by atoms with Gasteiger partial charge < -0.3 is 10.4 Å². The Bertz CT molecular complexity index is 957. The van der Waals surface area contributed by atoms with Crippen molar-refractivity contribution in [3.63, 3.8) is 0 Å². The SMILES string of the molecule is N#CC(C#N)=CNc1ccccc1S(=O)(=O)N(CCO)c1ccccc1. The highest BCUT2D eigenvalue weighted by atomic mass is 32.2. The molecule has 0 amide bonds. The van der Waals surface area contributed by atoms with Crippen LogP contribution in [0.5, 0.6) is 0 Å². The van der Waals surface area contributed by atoms with Crippen LogP contribution in [-0.4, -0.2) is 26.7 Å². The number of nitriles is 2. The van der Waals surface area contributed by atoms with Crippen LogP contribution >= 0.6 is 0 Å². The van der Waals surface area contributed by atoms with Gasteiger partial charge in [0.25, 0.3) is 10.0 Å². The molecule has 2 rings (SSSR count). The summed E-state index contributed by atoms with van der Waals surface area (Å²) >= 11 is 0. The minimum Gasteiger partial charge on any atom is -0.394 e. The molecule has 0 spiro atoms. The molecule has 0 fully saturated rings. The lowest BCUT2D eigenvalue weighted by molar-refractivity contribution is 0.306. The van der Waals surface area contributed by atoms with Crippen LogP contribution in [0.2, 0.25) is 0 Å². The van der Waals surface area contributed by atoms with E-state index in [4.69, 9.17) is 10.5 Å². The zero-order valence-electron chi connectivity index (χ0n) is 13.7. The van der Waals surface area contributed by atoms with Gasteiger partial charge in [0.1, 0.15) is 22.6 Å². The maximum atomic E-state index is 13.2. The lowest BCUT2D eigenvalue weighted by atomic mass is 10.3. The van der Waals surface area contributed by atoms with Crippen LogP contribution in [-0.2, 0) is 10.0 Å². The first-order valence-electron chi connectivity index (χ1n) is 7.59. The summed E-state index contributed by atoms with van der Waals surface area (Å²) in [4.78, 5) is -0.0382. The van der Waals surface area contributed by atoms with Gasteiger partial charge in [0.2, 0.25) is 0 Å². The quantitative estimate of drug-likeness (QED) is 0.724. The van der Waals surface area contributed by atoms with E-state index in [0.717, 1.165) is 10.5 Å². The summed E-state index contributed by atoms with van der Waals surface area (Å²) in [5, 5.41) is 29.6. The normalized spacial score (nSPS) is 10.3. The second-order valence-corrected chi connectivity index (χ2v) is 6.89. The van der Waals surface area contributed by atoms with Crippen LogP contribution in [0.1, 0.15) is 0 Å². The number of aliphatic hydroxyl groups is 1. The molecule has 0 bridgehead atoms. The van der Waals surface area contributed by atoms with E-state index in [1.54, 1.807) is 54.6 Å². The predicted octanol–water partition coefficient (Wildman–Crippen LogP) is 2.22. The molecular formula is C18H16N4O3S. The van der Waals surface area contributed by atoms with Gasteiger partial charge in [-0.1, -0.05) is 30.3 Å². The third-order valence-electron chi connectivity index (χ3n) is 3.42. The molecule has 0 aliphatic carbocycles. The van der Waals surface area contributed by atoms with E-state index in [1.807, 2.05) is 0 Å². The van der Waals surface area contributed by atoms with E-state index in [9.17, 15) is 13.5 Å². The largest absolute Gasteiger partial charge is 0.394 e. The fourth-order valence-corrected chi connectivity index (χ4v) is 3.86. The Morgan fingerprint density at radius 2 is 1.69 bits per heavy atom. The average molecular weight is 368 g/mol. The van der Waals surface area contributed by atoms with Crippen molar-refractivity contribution in [2.24, 2.45) is 0 Å².